The Morgan fingerprint density at radius 3 is 2.55 bits per heavy atom. The van der Waals surface area contributed by atoms with Gasteiger partial charge in [0.05, 0.1) is 44.6 Å². The van der Waals surface area contributed by atoms with Crippen LogP contribution in [-0.4, -0.2) is 99.1 Å². The molecule has 1 fully saturated rings. The Hall–Kier alpha value is -2.50. The Morgan fingerprint density at radius 1 is 1.18 bits per heavy atom. The van der Waals surface area contributed by atoms with Gasteiger partial charge in [0.2, 0.25) is 5.91 Å². The molecule has 0 aromatic carbocycles. The standard InChI is InChI=1S/C27H46N4O7/c1-8-37-25(33)21-14-22(28-18(2)29-26(34)38-27(4,5)6)24(30-19(3)32)23(15-21)31-11-9-10-20(16-31)17-36-13-12-35-7/h15,20,22-24H,8-14,16-17H2,1-7H3,(H,30,32)(H,28,29,34)/t20-,22+,23-,24-/m1/s1. The van der Waals surface area contributed by atoms with Crippen LogP contribution in [0.5, 0.6) is 0 Å². The maximum Gasteiger partial charge on any atom is 0.413 e. The van der Waals surface area contributed by atoms with Crippen molar-refractivity contribution >= 4 is 23.8 Å². The van der Waals surface area contributed by atoms with Gasteiger partial charge < -0.3 is 24.3 Å². The SMILES string of the molecule is CCOC(=O)C1=C[C@@H](N2CCC[C@@H](COCCOC)C2)[C@H](NC(C)=O)[C@@H](N=C(C)NC(=O)OC(C)(C)C)C1. The van der Waals surface area contributed by atoms with Crippen molar-refractivity contribution in [3.8, 4) is 0 Å². The molecule has 1 aliphatic heterocycles. The number of hydrogen-bond donors (Lipinski definition) is 2. The third-order valence-electron chi connectivity index (χ3n) is 6.29. The van der Waals surface area contributed by atoms with Gasteiger partial charge in [-0.15, -0.1) is 0 Å². The van der Waals surface area contributed by atoms with E-state index in [0.29, 0.717) is 37.1 Å². The van der Waals surface area contributed by atoms with Gasteiger partial charge in [-0.1, -0.05) is 6.08 Å². The van der Waals surface area contributed by atoms with E-state index in [9.17, 15) is 14.4 Å². The Balaban J connectivity index is 2.32. The van der Waals surface area contributed by atoms with Crippen LogP contribution in [0.2, 0.25) is 0 Å². The highest BCUT2D eigenvalue weighted by Gasteiger charge is 2.40. The predicted octanol–water partition coefficient (Wildman–Crippen LogP) is 2.44. The minimum Gasteiger partial charge on any atom is -0.463 e. The summed E-state index contributed by atoms with van der Waals surface area (Å²) in [6, 6.07) is -1.19. The number of aliphatic imine (C=N–C) groups is 1. The predicted molar refractivity (Wildman–Crippen MR) is 144 cm³/mol. The second-order valence-electron chi connectivity index (χ2n) is 10.8. The molecule has 0 spiro atoms. The lowest BCUT2D eigenvalue weighted by Crippen LogP contribution is -2.59. The normalized spacial score (nSPS) is 24.8. The number of piperidine rings is 1. The first kappa shape index (κ1) is 31.7. The van der Waals surface area contributed by atoms with E-state index >= 15 is 0 Å². The van der Waals surface area contributed by atoms with Crippen LogP contribution in [0.1, 0.15) is 60.8 Å². The number of esters is 1. The fourth-order valence-electron chi connectivity index (χ4n) is 4.84. The van der Waals surface area contributed by atoms with E-state index in [2.05, 4.69) is 15.5 Å². The fraction of sp³-hybridized carbons (Fsp3) is 0.778. The maximum atomic E-state index is 12.8. The van der Waals surface area contributed by atoms with Crippen LogP contribution in [0, 0.1) is 5.92 Å². The number of nitrogens with one attached hydrogen (secondary N) is 2. The molecular formula is C27H46N4O7. The number of ether oxygens (including phenoxy) is 4. The van der Waals surface area contributed by atoms with Crippen LogP contribution in [0.3, 0.4) is 0 Å². The molecule has 38 heavy (non-hydrogen) atoms. The van der Waals surface area contributed by atoms with Gasteiger partial charge in [0.15, 0.2) is 0 Å². The van der Waals surface area contributed by atoms with E-state index < -0.39 is 29.7 Å². The molecule has 0 unspecified atom stereocenters. The van der Waals surface area contributed by atoms with Crippen LogP contribution >= 0.6 is 0 Å². The highest BCUT2D eigenvalue weighted by Crippen LogP contribution is 2.30. The molecule has 11 nitrogen and oxygen atoms in total. The summed E-state index contributed by atoms with van der Waals surface area (Å²) in [5.41, 5.74) is -0.146. The lowest BCUT2D eigenvalue weighted by molar-refractivity contribution is -0.138. The molecule has 0 saturated carbocycles. The van der Waals surface area contributed by atoms with Gasteiger partial charge in [0, 0.05) is 32.6 Å². The first-order chi connectivity index (χ1) is 17.9. The van der Waals surface area contributed by atoms with Gasteiger partial charge in [-0.25, -0.2) is 9.59 Å². The summed E-state index contributed by atoms with van der Waals surface area (Å²) in [7, 11) is 1.65. The number of likely N-dealkylation sites (tertiary alicyclic amines) is 1. The lowest BCUT2D eigenvalue weighted by atomic mass is 9.84. The monoisotopic (exact) mass is 538 g/mol. The molecule has 0 aromatic rings. The van der Waals surface area contributed by atoms with Crippen LogP contribution in [0.25, 0.3) is 0 Å². The number of hydrogen-bond acceptors (Lipinski definition) is 9. The highest BCUT2D eigenvalue weighted by atomic mass is 16.6. The van der Waals surface area contributed by atoms with E-state index in [-0.39, 0.29) is 25.0 Å². The number of alkyl carbamates (subject to hydrolysis) is 1. The lowest BCUT2D eigenvalue weighted by Gasteiger charge is -2.44. The van der Waals surface area contributed by atoms with Crippen LogP contribution < -0.4 is 10.6 Å². The Kier molecular flexibility index (Phi) is 12.7. The summed E-state index contributed by atoms with van der Waals surface area (Å²) in [5.74, 6) is 0.0691. The molecule has 2 amide bonds. The first-order valence-corrected chi connectivity index (χ1v) is 13.4. The number of amidine groups is 1. The first-order valence-electron chi connectivity index (χ1n) is 13.4. The van der Waals surface area contributed by atoms with Crippen LogP contribution in [0.15, 0.2) is 16.6 Å². The minimum atomic E-state index is -0.656. The number of amides is 2. The van der Waals surface area contributed by atoms with Crippen molar-refractivity contribution in [1.82, 2.24) is 15.5 Å². The third kappa shape index (κ3) is 10.7. The van der Waals surface area contributed by atoms with Crippen molar-refractivity contribution in [3.63, 3.8) is 0 Å². The van der Waals surface area contributed by atoms with E-state index in [1.165, 1.54) is 6.92 Å². The molecule has 0 radical (unpaired) electrons. The molecule has 4 atom stereocenters. The summed E-state index contributed by atoms with van der Waals surface area (Å²) < 4.78 is 21.5. The summed E-state index contributed by atoms with van der Waals surface area (Å²) >= 11 is 0. The number of carbonyl (C=O) groups excluding carboxylic acids is 3. The maximum absolute atomic E-state index is 12.8. The highest BCUT2D eigenvalue weighted by molar-refractivity contribution is 5.94. The average molecular weight is 539 g/mol. The molecule has 1 aliphatic carbocycles. The van der Waals surface area contributed by atoms with Gasteiger partial charge in [-0.2, -0.15) is 0 Å². The zero-order valence-electron chi connectivity index (χ0n) is 24.0. The Bertz CT molecular complexity index is 868. The topological polar surface area (TPSA) is 128 Å². The quantitative estimate of drug-likeness (QED) is 0.188. The zero-order chi connectivity index (χ0) is 28.3. The molecule has 2 N–H and O–H groups in total. The molecule has 1 saturated heterocycles. The molecule has 0 aromatic heterocycles. The van der Waals surface area contributed by atoms with Gasteiger partial charge >= 0.3 is 12.1 Å². The number of rotatable bonds is 10. The molecular weight excluding hydrogens is 492 g/mol. The fourth-order valence-corrected chi connectivity index (χ4v) is 4.84. The van der Waals surface area contributed by atoms with Crippen molar-refractivity contribution < 1.29 is 33.3 Å². The van der Waals surface area contributed by atoms with E-state index in [1.54, 1.807) is 41.7 Å². The van der Waals surface area contributed by atoms with Gasteiger partial charge in [-0.05, 0) is 59.9 Å². The average Bonchev–Trinajstić information content (AvgIpc) is 2.81. The van der Waals surface area contributed by atoms with Crippen molar-refractivity contribution in [1.29, 1.82) is 0 Å². The smallest absolute Gasteiger partial charge is 0.413 e. The van der Waals surface area contributed by atoms with Crippen molar-refractivity contribution in [2.75, 3.05) is 46.6 Å². The van der Waals surface area contributed by atoms with Crippen molar-refractivity contribution in [2.24, 2.45) is 10.9 Å². The van der Waals surface area contributed by atoms with Crippen molar-refractivity contribution in [3.05, 3.63) is 11.6 Å². The number of methoxy groups -OCH3 is 1. The van der Waals surface area contributed by atoms with Gasteiger partial charge in [0.1, 0.15) is 11.4 Å². The summed E-state index contributed by atoms with van der Waals surface area (Å²) in [5, 5.41) is 5.73. The molecule has 0 bridgehead atoms. The Morgan fingerprint density at radius 2 is 1.92 bits per heavy atom. The van der Waals surface area contributed by atoms with Crippen LogP contribution in [-0.2, 0) is 28.5 Å². The molecule has 2 rings (SSSR count). The largest absolute Gasteiger partial charge is 0.463 e. The van der Waals surface area contributed by atoms with E-state index in [1.807, 2.05) is 6.08 Å². The van der Waals surface area contributed by atoms with E-state index in [0.717, 1.165) is 25.9 Å². The van der Waals surface area contributed by atoms with Crippen molar-refractivity contribution in [2.45, 2.75) is 84.5 Å². The van der Waals surface area contributed by atoms with Gasteiger partial charge in [0.25, 0.3) is 0 Å². The minimum absolute atomic E-state index is 0.192. The summed E-state index contributed by atoms with van der Waals surface area (Å²) in [6.45, 7) is 13.8. The number of nitrogens with zero attached hydrogens (tertiary/aromatic N) is 2. The summed E-state index contributed by atoms with van der Waals surface area (Å²) in [4.78, 5) is 44.4. The zero-order valence-corrected chi connectivity index (χ0v) is 24.0. The van der Waals surface area contributed by atoms with Gasteiger partial charge in [-0.3, -0.25) is 20.0 Å². The molecule has 2 aliphatic rings. The molecule has 11 heteroatoms. The molecule has 1 heterocycles. The third-order valence-corrected chi connectivity index (χ3v) is 6.29. The summed E-state index contributed by atoms with van der Waals surface area (Å²) in [6.07, 6.45) is 3.57. The number of carbonyl (C=O) groups is 3. The van der Waals surface area contributed by atoms with Crippen LogP contribution in [0.4, 0.5) is 4.79 Å². The van der Waals surface area contributed by atoms with E-state index in [4.69, 9.17) is 23.9 Å². The second-order valence-corrected chi connectivity index (χ2v) is 10.8. The molecule has 216 valence electrons. The Labute approximate surface area is 226 Å². The second kappa shape index (κ2) is 15.2.